The molecule has 0 aromatic carbocycles. The number of esters is 1. The van der Waals surface area contributed by atoms with Gasteiger partial charge in [-0.25, -0.2) is 19.4 Å². The Balaban J connectivity index is 2.38. The second-order valence-electron chi connectivity index (χ2n) is 14.5. The van der Waals surface area contributed by atoms with Crippen LogP contribution in [0.25, 0.3) is 0 Å². The summed E-state index contributed by atoms with van der Waals surface area (Å²) in [5.74, 6) is -1.98. The lowest BCUT2D eigenvalue weighted by atomic mass is 9.99. The minimum Gasteiger partial charge on any atom is -0.457 e. The van der Waals surface area contributed by atoms with Gasteiger partial charge in [-0.1, -0.05) is 39.0 Å². The number of amides is 3. The fourth-order valence-electron chi connectivity index (χ4n) is 4.06. The third-order valence-corrected chi connectivity index (χ3v) is 13.4. The molecule has 0 bridgehead atoms. The molecule has 0 radical (unpaired) electrons. The maximum Gasteiger partial charge on any atom is 0.510 e. The largest absolute Gasteiger partial charge is 0.510 e. The number of aromatic nitrogens is 1. The number of β-lactam (4-membered cyclic amide) rings is 1. The summed E-state index contributed by atoms with van der Waals surface area (Å²) in [5, 5.41) is 10.3. The SMILES string of the molecule is COC(C)OC(=O)OC[C@H]1[C@@H](NC(=O)C(=NOCC(=O)OC(C)(C)C)c2csc(NC(=O)OC(C)(C)C)n2)C(=O)N1[Si](C)(C)C(C)(C)C. The first-order valence-electron chi connectivity index (χ1n) is 15.2. The van der Waals surface area contributed by atoms with Crippen molar-refractivity contribution >= 4 is 60.4 Å². The number of hydrogen-bond acceptors (Lipinski definition) is 14. The van der Waals surface area contributed by atoms with E-state index >= 15 is 0 Å². The highest BCUT2D eigenvalue weighted by molar-refractivity contribution is 7.14. The molecule has 270 valence electrons. The number of oxime groups is 1. The Kier molecular flexibility index (Phi) is 13.2. The van der Waals surface area contributed by atoms with E-state index in [1.807, 2.05) is 33.9 Å². The lowest BCUT2D eigenvalue weighted by molar-refractivity contribution is -0.160. The summed E-state index contributed by atoms with van der Waals surface area (Å²) in [6.07, 6.45) is -2.63. The Morgan fingerprint density at radius 2 is 1.65 bits per heavy atom. The van der Waals surface area contributed by atoms with Crippen LogP contribution in [0.1, 0.15) is 74.9 Å². The normalized spacial score (nSPS) is 17.9. The Morgan fingerprint density at radius 3 is 2.19 bits per heavy atom. The minimum absolute atomic E-state index is 0.0225. The van der Waals surface area contributed by atoms with Crippen LogP contribution in [0.4, 0.5) is 14.7 Å². The van der Waals surface area contributed by atoms with E-state index in [9.17, 15) is 24.0 Å². The van der Waals surface area contributed by atoms with Crippen molar-refractivity contribution in [2.24, 2.45) is 5.16 Å². The van der Waals surface area contributed by atoms with Gasteiger partial charge in [-0.05, 0) is 53.5 Å². The van der Waals surface area contributed by atoms with Crippen molar-refractivity contribution in [3.05, 3.63) is 11.1 Å². The summed E-state index contributed by atoms with van der Waals surface area (Å²) < 4.78 is 27.5. The summed E-state index contributed by atoms with van der Waals surface area (Å²) >= 11 is 0.979. The molecule has 1 unspecified atom stereocenters. The topological polar surface area (TPSA) is 193 Å². The number of hydrogen-bond donors (Lipinski definition) is 2. The quantitative estimate of drug-likeness (QED) is 0.0590. The molecule has 0 spiro atoms. The predicted molar refractivity (Wildman–Crippen MR) is 179 cm³/mol. The third kappa shape index (κ3) is 11.4. The van der Waals surface area contributed by atoms with Gasteiger partial charge in [-0.2, -0.15) is 0 Å². The van der Waals surface area contributed by atoms with Crippen molar-refractivity contribution in [2.45, 2.75) is 117 Å². The fourth-order valence-corrected chi connectivity index (χ4v) is 7.21. The number of rotatable bonds is 12. The van der Waals surface area contributed by atoms with E-state index < -0.39 is 74.3 Å². The lowest BCUT2D eigenvalue weighted by Gasteiger charge is -2.57. The van der Waals surface area contributed by atoms with Gasteiger partial charge in [-0.3, -0.25) is 14.9 Å². The van der Waals surface area contributed by atoms with Crippen LogP contribution in [-0.2, 0) is 42.9 Å². The van der Waals surface area contributed by atoms with Gasteiger partial charge in [0.05, 0.1) is 6.04 Å². The second kappa shape index (κ2) is 15.6. The number of nitrogens with one attached hydrogen (secondary N) is 2. The average molecular weight is 716 g/mol. The van der Waals surface area contributed by atoms with E-state index in [1.54, 1.807) is 46.1 Å². The van der Waals surface area contributed by atoms with Crippen LogP contribution in [-0.4, -0.2) is 103 Å². The minimum atomic E-state index is -2.52. The van der Waals surface area contributed by atoms with Crippen molar-refractivity contribution in [2.75, 3.05) is 25.6 Å². The van der Waals surface area contributed by atoms with Gasteiger partial charge >= 0.3 is 18.2 Å². The summed E-state index contributed by atoms with van der Waals surface area (Å²) in [6.45, 7) is 20.8. The first-order chi connectivity index (χ1) is 21.9. The molecule has 1 fully saturated rings. The van der Waals surface area contributed by atoms with Gasteiger partial charge in [-0.15, -0.1) is 11.3 Å². The van der Waals surface area contributed by atoms with E-state index in [1.165, 1.54) is 19.4 Å². The highest BCUT2D eigenvalue weighted by Crippen LogP contribution is 2.43. The van der Waals surface area contributed by atoms with Gasteiger partial charge in [0.25, 0.3) is 5.91 Å². The molecule has 1 saturated heterocycles. The van der Waals surface area contributed by atoms with E-state index in [0.717, 1.165) is 11.3 Å². The average Bonchev–Trinajstić information content (AvgIpc) is 3.36. The number of carbonyl (C=O) groups is 5. The maximum absolute atomic E-state index is 13.7. The number of carbonyl (C=O) groups excluding carboxylic acids is 5. The molecule has 1 aliphatic rings. The van der Waals surface area contributed by atoms with Crippen molar-refractivity contribution in [1.82, 2.24) is 14.9 Å². The summed E-state index contributed by atoms with van der Waals surface area (Å²) in [7, 11) is -1.16. The van der Waals surface area contributed by atoms with Crippen LogP contribution in [0.3, 0.4) is 0 Å². The zero-order valence-electron chi connectivity index (χ0n) is 30.0. The summed E-state index contributed by atoms with van der Waals surface area (Å²) in [4.78, 5) is 73.7. The van der Waals surface area contributed by atoms with Crippen LogP contribution in [0.2, 0.25) is 18.1 Å². The highest BCUT2D eigenvalue weighted by Gasteiger charge is 2.58. The van der Waals surface area contributed by atoms with E-state index in [-0.39, 0.29) is 28.4 Å². The van der Waals surface area contributed by atoms with Crippen LogP contribution >= 0.6 is 11.3 Å². The van der Waals surface area contributed by atoms with Gasteiger partial charge in [0.1, 0.15) is 29.5 Å². The molecule has 1 aliphatic heterocycles. The maximum atomic E-state index is 13.7. The van der Waals surface area contributed by atoms with Crippen molar-refractivity contribution in [1.29, 1.82) is 0 Å². The van der Waals surface area contributed by atoms with Gasteiger partial charge in [0.15, 0.2) is 19.1 Å². The summed E-state index contributed by atoms with van der Waals surface area (Å²) in [5.41, 5.74) is -1.96. The monoisotopic (exact) mass is 715 g/mol. The third-order valence-electron chi connectivity index (χ3n) is 7.24. The Hall–Kier alpha value is -3.77. The fraction of sp³-hybridized carbons (Fsp3) is 0.700. The van der Waals surface area contributed by atoms with Gasteiger partial charge in [0.2, 0.25) is 18.8 Å². The predicted octanol–water partition coefficient (Wildman–Crippen LogP) is 4.40. The van der Waals surface area contributed by atoms with E-state index in [2.05, 4.69) is 20.8 Å². The summed E-state index contributed by atoms with van der Waals surface area (Å²) in [6, 6.07) is -1.86. The van der Waals surface area contributed by atoms with E-state index in [4.69, 9.17) is 28.5 Å². The van der Waals surface area contributed by atoms with Crippen molar-refractivity contribution in [3.8, 4) is 0 Å². The number of methoxy groups -OCH3 is 1. The molecular weight excluding hydrogens is 667 g/mol. The van der Waals surface area contributed by atoms with Crippen LogP contribution < -0.4 is 10.6 Å². The Bertz CT molecular complexity index is 1380. The molecule has 18 heteroatoms. The number of ether oxygens (including phenoxy) is 5. The molecule has 48 heavy (non-hydrogen) atoms. The number of nitrogens with zero attached hydrogens (tertiary/aromatic N) is 3. The molecule has 0 saturated carbocycles. The first kappa shape index (κ1) is 40.4. The molecule has 3 atom stereocenters. The second-order valence-corrected chi connectivity index (χ2v) is 20.4. The zero-order chi connectivity index (χ0) is 36.8. The van der Waals surface area contributed by atoms with Crippen LogP contribution in [0.15, 0.2) is 10.5 Å². The molecule has 0 aliphatic carbocycles. The Labute approximate surface area is 286 Å². The highest BCUT2D eigenvalue weighted by atomic mass is 32.1. The molecule has 1 aromatic rings. The molecule has 1 aromatic heterocycles. The molecular formula is C30H49N5O11SSi. The van der Waals surface area contributed by atoms with Crippen LogP contribution in [0.5, 0.6) is 0 Å². The Morgan fingerprint density at radius 1 is 1.04 bits per heavy atom. The molecule has 2 rings (SSSR count). The molecule has 2 N–H and O–H groups in total. The number of anilines is 1. The smallest absolute Gasteiger partial charge is 0.457 e. The first-order valence-corrected chi connectivity index (χ1v) is 19.1. The molecule has 3 amide bonds. The lowest BCUT2D eigenvalue weighted by Crippen LogP contribution is -2.80. The van der Waals surface area contributed by atoms with Crippen molar-refractivity contribution < 1.29 is 52.5 Å². The molecule has 2 heterocycles. The van der Waals surface area contributed by atoms with Crippen LogP contribution in [0, 0.1) is 0 Å². The van der Waals surface area contributed by atoms with Gasteiger partial charge in [0, 0.05) is 12.5 Å². The number of thiazole rings is 1. The zero-order valence-corrected chi connectivity index (χ0v) is 31.8. The molecule has 16 nitrogen and oxygen atoms in total. The van der Waals surface area contributed by atoms with E-state index in [0.29, 0.717) is 0 Å². The van der Waals surface area contributed by atoms with Gasteiger partial charge < -0.3 is 38.4 Å². The standard InChI is InChI=1S/C30H49N5O11SSi/c1-17(41-11)44-27(40)42-14-19-22(24(38)35(19)48(12,13)30(8,9)10)32-23(37)21(34-43-15-20(36)45-28(2,3)4)18-16-47-25(31-18)33-26(39)46-29(5,6)7/h16-17,19,22H,14-15H2,1-13H3,(H,32,37)(H,31,33,39)/t17?,19-,22+/m0/s1. The van der Waals surface area contributed by atoms with Crippen molar-refractivity contribution in [3.63, 3.8) is 0 Å².